The van der Waals surface area contributed by atoms with Crippen molar-refractivity contribution in [2.75, 3.05) is 31.6 Å². The molecule has 0 radical (unpaired) electrons. The monoisotopic (exact) mass is 280 g/mol. The lowest BCUT2D eigenvalue weighted by Gasteiger charge is -2.41. The third-order valence-corrected chi connectivity index (χ3v) is 4.51. The molecule has 1 fully saturated rings. The van der Waals surface area contributed by atoms with Gasteiger partial charge in [0.25, 0.3) is 0 Å². The van der Waals surface area contributed by atoms with Crippen LogP contribution in [0.3, 0.4) is 0 Å². The molecule has 1 saturated heterocycles. The number of hydrogen-bond donors (Lipinski definition) is 0. The van der Waals surface area contributed by atoms with E-state index >= 15 is 0 Å². The molecule has 2 aliphatic heterocycles. The molecule has 0 aliphatic carbocycles. The maximum Gasteiger partial charge on any atom is 0.150 e. The van der Waals surface area contributed by atoms with Gasteiger partial charge in [-0.05, 0) is 37.7 Å². The van der Waals surface area contributed by atoms with Gasteiger partial charge in [-0.1, -0.05) is 24.3 Å². The van der Waals surface area contributed by atoms with Crippen LogP contribution in [0.1, 0.15) is 17.2 Å². The number of fused-ring (bicyclic) bond motifs is 5. The molecule has 0 aromatic heterocycles. The van der Waals surface area contributed by atoms with Crippen LogP contribution >= 0.6 is 0 Å². The molecule has 21 heavy (non-hydrogen) atoms. The van der Waals surface area contributed by atoms with Crippen molar-refractivity contribution in [1.29, 1.82) is 0 Å². The lowest BCUT2D eigenvalue weighted by atomic mass is 10.0. The van der Waals surface area contributed by atoms with Crippen LogP contribution in [0.25, 0.3) is 0 Å². The molecule has 0 N–H and O–H groups in total. The van der Waals surface area contributed by atoms with Crippen LogP contribution in [0, 0.1) is 6.92 Å². The lowest BCUT2D eigenvalue weighted by molar-refractivity contribution is 0.269. The zero-order valence-electron chi connectivity index (χ0n) is 12.5. The van der Waals surface area contributed by atoms with E-state index in [2.05, 4.69) is 66.2 Å². The molecule has 0 bridgehead atoms. The van der Waals surface area contributed by atoms with Crippen molar-refractivity contribution in [3.63, 3.8) is 0 Å². The molecule has 1 atom stereocenters. The fourth-order valence-electron chi connectivity index (χ4n) is 3.38. The van der Waals surface area contributed by atoms with E-state index in [1.165, 1.54) is 16.8 Å². The zero-order chi connectivity index (χ0) is 14.4. The average molecular weight is 280 g/mol. The summed E-state index contributed by atoms with van der Waals surface area (Å²) >= 11 is 0. The van der Waals surface area contributed by atoms with E-state index in [1.807, 2.05) is 0 Å². The van der Waals surface area contributed by atoms with E-state index in [9.17, 15) is 0 Å². The van der Waals surface area contributed by atoms with Crippen LogP contribution < -0.4 is 9.64 Å². The summed E-state index contributed by atoms with van der Waals surface area (Å²) in [5.41, 5.74) is 3.79. The van der Waals surface area contributed by atoms with Crippen LogP contribution in [0.4, 0.5) is 5.69 Å². The van der Waals surface area contributed by atoms with Gasteiger partial charge < -0.3 is 14.5 Å². The Morgan fingerprint density at radius 1 is 1.05 bits per heavy atom. The predicted octanol–water partition coefficient (Wildman–Crippen LogP) is 3.59. The van der Waals surface area contributed by atoms with Gasteiger partial charge in [-0.2, -0.15) is 0 Å². The van der Waals surface area contributed by atoms with Crippen LogP contribution in [0.2, 0.25) is 0 Å². The van der Waals surface area contributed by atoms with Crippen molar-refractivity contribution >= 4 is 5.69 Å². The van der Waals surface area contributed by atoms with E-state index in [0.29, 0.717) is 6.04 Å². The number of hydrogen-bond acceptors (Lipinski definition) is 3. The van der Waals surface area contributed by atoms with E-state index in [1.54, 1.807) is 0 Å². The van der Waals surface area contributed by atoms with Gasteiger partial charge in [0.1, 0.15) is 5.75 Å². The quantitative estimate of drug-likeness (QED) is 0.733. The average Bonchev–Trinajstić information content (AvgIpc) is 2.62. The fourth-order valence-corrected chi connectivity index (χ4v) is 3.38. The van der Waals surface area contributed by atoms with Gasteiger partial charge in [0.15, 0.2) is 5.75 Å². The summed E-state index contributed by atoms with van der Waals surface area (Å²) in [7, 11) is 2.20. The highest BCUT2D eigenvalue weighted by Gasteiger charge is 2.33. The summed E-state index contributed by atoms with van der Waals surface area (Å²) in [6, 6.07) is 15.3. The first-order chi connectivity index (χ1) is 10.2. The summed E-state index contributed by atoms with van der Waals surface area (Å²) in [5, 5.41) is 0. The second kappa shape index (κ2) is 4.78. The molecule has 0 saturated carbocycles. The molecule has 2 aromatic rings. The predicted molar refractivity (Wildman–Crippen MR) is 85.3 cm³/mol. The van der Waals surface area contributed by atoms with Crippen molar-refractivity contribution in [2.24, 2.45) is 0 Å². The Bertz CT molecular complexity index is 683. The molecule has 3 nitrogen and oxygen atoms in total. The highest BCUT2D eigenvalue weighted by molar-refractivity contribution is 5.65. The minimum atomic E-state index is 0.364. The molecular formula is C18H20N2O. The van der Waals surface area contributed by atoms with Crippen LogP contribution in [0.15, 0.2) is 42.5 Å². The van der Waals surface area contributed by atoms with E-state index < -0.39 is 0 Å². The van der Waals surface area contributed by atoms with Gasteiger partial charge in [-0.25, -0.2) is 0 Å². The summed E-state index contributed by atoms with van der Waals surface area (Å²) in [5.74, 6) is 1.96. The Balaban J connectivity index is 1.91. The largest absolute Gasteiger partial charge is 0.455 e. The first-order valence-corrected chi connectivity index (χ1v) is 7.55. The van der Waals surface area contributed by atoms with E-state index in [0.717, 1.165) is 31.1 Å². The van der Waals surface area contributed by atoms with Crippen molar-refractivity contribution in [3.8, 4) is 11.5 Å². The lowest BCUT2D eigenvalue weighted by Crippen LogP contribution is -2.46. The van der Waals surface area contributed by atoms with Gasteiger partial charge in [0, 0.05) is 25.2 Å². The highest BCUT2D eigenvalue weighted by Crippen LogP contribution is 2.45. The molecule has 2 aromatic carbocycles. The molecule has 2 heterocycles. The number of benzene rings is 2. The molecule has 0 spiro atoms. The van der Waals surface area contributed by atoms with Crippen LogP contribution in [-0.4, -0.2) is 31.6 Å². The SMILES string of the molecule is Cc1ccc2c(c1)N1CCN(C)CC1c1ccccc1O2. The van der Waals surface area contributed by atoms with Crippen LogP contribution in [-0.2, 0) is 0 Å². The number of para-hydroxylation sites is 1. The Hall–Kier alpha value is -2.00. The van der Waals surface area contributed by atoms with Gasteiger partial charge in [0.05, 0.1) is 11.7 Å². The second-order valence-electron chi connectivity index (χ2n) is 6.08. The van der Waals surface area contributed by atoms with E-state index in [-0.39, 0.29) is 0 Å². The molecule has 4 rings (SSSR count). The number of rotatable bonds is 0. The molecular weight excluding hydrogens is 260 g/mol. The Kier molecular flexibility index (Phi) is 2.89. The topological polar surface area (TPSA) is 15.7 Å². The maximum absolute atomic E-state index is 6.22. The minimum absolute atomic E-state index is 0.364. The van der Waals surface area contributed by atoms with Crippen molar-refractivity contribution in [1.82, 2.24) is 4.90 Å². The number of nitrogens with zero attached hydrogens (tertiary/aromatic N) is 2. The maximum atomic E-state index is 6.22. The summed E-state index contributed by atoms with van der Waals surface area (Å²) in [4.78, 5) is 4.91. The zero-order valence-corrected chi connectivity index (χ0v) is 12.5. The Morgan fingerprint density at radius 2 is 1.90 bits per heavy atom. The first-order valence-electron chi connectivity index (χ1n) is 7.55. The van der Waals surface area contributed by atoms with E-state index in [4.69, 9.17) is 4.74 Å². The number of likely N-dealkylation sites (N-methyl/N-ethyl adjacent to an activating group) is 1. The number of ether oxygens (including phenoxy) is 1. The van der Waals surface area contributed by atoms with Gasteiger partial charge in [-0.15, -0.1) is 0 Å². The van der Waals surface area contributed by atoms with Gasteiger partial charge in [-0.3, -0.25) is 0 Å². The number of anilines is 1. The fraction of sp³-hybridized carbons (Fsp3) is 0.333. The standard InChI is InChI=1S/C18H20N2O/c1-13-7-8-18-15(11-13)20-10-9-19(2)12-16(20)14-5-3-4-6-17(14)21-18/h3-8,11,16H,9-10,12H2,1-2H3. The number of piperazine rings is 1. The third-order valence-electron chi connectivity index (χ3n) is 4.51. The normalized spacial score (nSPS) is 20.9. The molecule has 108 valence electrons. The Morgan fingerprint density at radius 3 is 2.81 bits per heavy atom. The summed E-state index contributed by atoms with van der Waals surface area (Å²) < 4.78 is 6.22. The van der Waals surface area contributed by atoms with Gasteiger partial charge in [0.2, 0.25) is 0 Å². The highest BCUT2D eigenvalue weighted by atomic mass is 16.5. The molecule has 0 amide bonds. The van der Waals surface area contributed by atoms with Crippen LogP contribution in [0.5, 0.6) is 11.5 Å². The Labute approximate surface area is 125 Å². The summed E-state index contributed by atoms with van der Waals surface area (Å²) in [6.07, 6.45) is 0. The van der Waals surface area contributed by atoms with Crippen molar-refractivity contribution in [3.05, 3.63) is 53.6 Å². The first kappa shape index (κ1) is 12.7. The number of aryl methyl sites for hydroxylation is 1. The third kappa shape index (κ3) is 2.09. The molecule has 2 aliphatic rings. The molecule has 1 unspecified atom stereocenters. The minimum Gasteiger partial charge on any atom is -0.455 e. The van der Waals surface area contributed by atoms with Gasteiger partial charge >= 0.3 is 0 Å². The molecule has 3 heteroatoms. The second-order valence-corrected chi connectivity index (χ2v) is 6.08. The summed E-state index contributed by atoms with van der Waals surface area (Å²) in [6.45, 7) is 5.30. The van der Waals surface area contributed by atoms with Crippen molar-refractivity contribution in [2.45, 2.75) is 13.0 Å². The smallest absolute Gasteiger partial charge is 0.150 e. The van der Waals surface area contributed by atoms with Crippen molar-refractivity contribution < 1.29 is 4.74 Å².